The fourth-order valence-electron chi connectivity index (χ4n) is 2.29. The summed E-state index contributed by atoms with van der Waals surface area (Å²) in [4.78, 5) is 4.49. The van der Waals surface area contributed by atoms with Gasteiger partial charge in [-0.3, -0.25) is 4.99 Å². The standard InChI is InChI=1S/C13H18FN3O/c1-18-11-8-4-7-10(14)12(11)13(17-15)16-9-5-2-3-6-9/h4,7-9H,2-3,5-6,15H2,1H3,(H,16,17). The highest BCUT2D eigenvalue weighted by molar-refractivity contribution is 6.01. The van der Waals surface area contributed by atoms with Crippen molar-refractivity contribution >= 4 is 5.84 Å². The molecule has 1 aromatic carbocycles. The van der Waals surface area contributed by atoms with Gasteiger partial charge in [0.2, 0.25) is 0 Å². The Hall–Kier alpha value is -1.62. The van der Waals surface area contributed by atoms with Gasteiger partial charge in [-0.05, 0) is 25.0 Å². The van der Waals surface area contributed by atoms with Crippen LogP contribution in [0.1, 0.15) is 31.2 Å². The minimum Gasteiger partial charge on any atom is -0.496 e. The summed E-state index contributed by atoms with van der Waals surface area (Å²) < 4.78 is 19.0. The summed E-state index contributed by atoms with van der Waals surface area (Å²) >= 11 is 0. The number of benzene rings is 1. The summed E-state index contributed by atoms with van der Waals surface area (Å²) in [6.07, 6.45) is 4.39. The fourth-order valence-corrected chi connectivity index (χ4v) is 2.29. The Morgan fingerprint density at radius 3 is 2.78 bits per heavy atom. The molecule has 0 unspecified atom stereocenters. The van der Waals surface area contributed by atoms with Gasteiger partial charge in [0.15, 0.2) is 0 Å². The Morgan fingerprint density at radius 2 is 2.17 bits per heavy atom. The first-order valence-electron chi connectivity index (χ1n) is 6.13. The molecule has 4 nitrogen and oxygen atoms in total. The Kier molecular flexibility index (Phi) is 4.15. The van der Waals surface area contributed by atoms with Crippen LogP contribution in [0.15, 0.2) is 23.2 Å². The number of nitrogens with one attached hydrogen (secondary N) is 1. The van der Waals surface area contributed by atoms with Crippen LogP contribution in [0, 0.1) is 5.82 Å². The molecule has 18 heavy (non-hydrogen) atoms. The summed E-state index contributed by atoms with van der Waals surface area (Å²) in [5.74, 6) is 5.88. The molecule has 0 bridgehead atoms. The molecule has 1 saturated carbocycles. The lowest BCUT2D eigenvalue weighted by Gasteiger charge is -2.13. The molecule has 0 aromatic heterocycles. The van der Waals surface area contributed by atoms with E-state index in [0.717, 1.165) is 12.8 Å². The van der Waals surface area contributed by atoms with E-state index in [4.69, 9.17) is 10.6 Å². The lowest BCUT2D eigenvalue weighted by Crippen LogP contribution is -2.33. The largest absolute Gasteiger partial charge is 0.496 e. The number of methoxy groups -OCH3 is 1. The van der Waals surface area contributed by atoms with E-state index < -0.39 is 0 Å². The lowest BCUT2D eigenvalue weighted by atomic mass is 10.1. The van der Waals surface area contributed by atoms with Gasteiger partial charge in [-0.25, -0.2) is 10.2 Å². The molecule has 0 saturated heterocycles. The van der Waals surface area contributed by atoms with Gasteiger partial charge in [0.25, 0.3) is 0 Å². The van der Waals surface area contributed by atoms with Crippen LogP contribution in [0.3, 0.4) is 0 Å². The van der Waals surface area contributed by atoms with Crippen molar-refractivity contribution in [3.63, 3.8) is 0 Å². The Morgan fingerprint density at radius 1 is 1.44 bits per heavy atom. The second-order valence-electron chi connectivity index (χ2n) is 4.38. The van der Waals surface area contributed by atoms with Crippen molar-refractivity contribution in [2.75, 3.05) is 7.11 Å². The van der Waals surface area contributed by atoms with Crippen molar-refractivity contribution in [3.8, 4) is 5.75 Å². The van der Waals surface area contributed by atoms with E-state index in [1.54, 1.807) is 12.1 Å². The van der Waals surface area contributed by atoms with Gasteiger partial charge in [-0.1, -0.05) is 18.9 Å². The number of ether oxygens (including phenoxy) is 1. The molecule has 1 fully saturated rings. The fraction of sp³-hybridized carbons (Fsp3) is 0.462. The van der Waals surface area contributed by atoms with Gasteiger partial charge in [-0.2, -0.15) is 0 Å². The zero-order valence-electron chi connectivity index (χ0n) is 10.4. The summed E-state index contributed by atoms with van der Waals surface area (Å²) in [6.45, 7) is 0. The minimum absolute atomic E-state index is 0.223. The Labute approximate surface area is 106 Å². The third kappa shape index (κ3) is 2.61. The van der Waals surface area contributed by atoms with Crippen LogP contribution in [0.4, 0.5) is 4.39 Å². The molecule has 0 aliphatic heterocycles. The second-order valence-corrected chi connectivity index (χ2v) is 4.38. The van der Waals surface area contributed by atoms with E-state index in [2.05, 4.69) is 10.4 Å². The summed E-state index contributed by atoms with van der Waals surface area (Å²) in [6, 6.07) is 4.89. The summed E-state index contributed by atoms with van der Waals surface area (Å²) in [5.41, 5.74) is 2.79. The smallest absolute Gasteiger partial charge is 0.149 e. The maximum atomic E-state index is 13.9. The van der Waals surface area contributed by atoms with Crippen LogP contribution in [0.5, 0.6) is 5.75 Å². The van der Waals surface area contributed by atoms with Crippen molar-refractivity contribution in [1.29, 1.82) is 0 Å². The number of halogens is 1. The molecule has 1 aromatic rings. The Bertz CT molecular complexity index is 442. The van der Waals surface area contributed by atoms with Gasteiger partial charge >= 0.3 is 0 Å². The maximum absolute atomic E-state index is 13.9. The molecule has 1 aliphatic carbocycles. The Balaban J connectivity index is 2.37. The molecule has 5 heteroatoms. The molecule has 2 rings (SSSR count). The molecule has 98 valence electrons. The van der Waals surface area contributed by atoms with E-state index in [0.29, 0.717) is 17.1 Å². The van der Waals surface area contributed by atoms with E-state index >= 15 is 0 Å². The zero-order chi connectivity index (χ0) is 13.0. The molecular formula is C13H18FN3O. The molecule has 0 atom stereocenters. The van der Waals surface area contributed by atoms with Crippen molar-refractivity contribution in [2.24, 2.45) is 10.8 Å². The molecular weight excluding hydrogens is 233 g/mol. The highest BCUT2D eigenvalue weighted by atomic mass is 19.1. The third-order valence-corrected chi connectivity index (χ3v) is 3.21. The van der Waals surface area contributed by atoms with Crippen molar-refractivity contribution < 1.29 is 9.13 Å². The van der Waals surface area contributed by atoms with E-state index in [1.165, 1.54) is 26.0 Å². The number of amidine groups is 1. The van der Waals surface area contributed by atoms with Crippen LogP contribution in [0.2, 0.25) is 0 Å². The summed E-state index contributed by atoms with van der Waals surface area (Å²) in [7, 11) is 1.50. The number of nitrogens with zero attached hydrogens (tertiary/aromatic N) is 1. The number of nitrogens with two attached hydrogens (primary N) is 1. The van der Waals surface area contributed by atoms with Crippen LogP contribution >= 0.6 is 0 Å². The number of hydrogen-bond donors (Lipinski definition) is 2. The van der Waals surface area contributed by atoms with E-state index in [1.807, 2.05) is 0 Å². The number of aliphatic imine (C=N–C) groups is 1. The highest BCUT2D eigenvalue weighted by Crippen LogP contribution is 2.25. The van der Waals surface area contributed by atoms with E-state index in [-0.39, 0.29) is 11.9 Å². The third-order valence-electron chi connectivity index (χ3n) is 3.21. The van der Waals surface area contributed by atoms with Gasteiger partial charge in [0.05, 0.1) is 18.7 Å². The monoisotopic (exact) mass is 251 g/mol. The molecule has 3 N–H and O–H groups in total. The first-order valence-corrected chi connectivity index (χ1v) is 6.13. The topological polar surface area (TPSA) is 59.6 Å². The predicted molar refractivity (Wildman–Crippen MR) is 69.1 cm³/mol. The summed E-state index contributed by atoms with van der Waals surface area (Å²) in [5, 5.41) is 0. The van der Waals surface area contributed by atoms with Crippen LogP contribution < -0.4 is 16.0 Å². The van der Waals surface area contributed by atoms with Crippen molar-refractivity contribution in [3.05, 3.63) is 29.6 Å². The number of hydrogen-bond acceptors (Lipinski definition) is 3. The maximum Gasteiger partial charge on any atom is 0.149 e. The van der Waals surface area contributed by atoms with Gasteiger partial charge < -0.3 is 10.2 Å². The molecule has 1 aliphatic rings. The van der Waals surface area contributed by atoms with Crippen LogP contribution in [-0.2, 0) is 0 Å². The molecule has 0 heterocycles. The second kappa shape index (κ2) is 5.82. The van der Waals surface area contributed by atoms with Crippen molar-refractivity contribution in [2.45, 2.75) is 31.7 Å². The molecule has 0 amide bonds. The number of rotatable bonds is 3. The van der Waals surface area contributed by atoms with E-state index in [9.17, 15) is 4.39 Å². The quantitative estimate of drug-likeness (QED) is 0.374. The predicted octanol–water partition coefficient (Wildman–Crippen LogP) is 1.99. The highest BCUT2D eigenvalue weighted by Gasteiger charge is 2.19. The van der Waals surface area contributed by atoms with Gasteiger partial charge in [-0.15, -0.1) is 0 Å². The minimum atomic E-state index is -0.385. The molecule has 0 spiro atoms. The average Bonchev–Trinajstić information content (AvgIpc) is 2.89. The first-order chi connectivity index (χ1) is 8.76. The zero-order valence-corrected chi connectivity index (χ0v) is 10.4. The van der Waals surface area contributed by atoms with Gasteiger partial charge in [0, 0.05) is 0 Å². The van der Waals surface area contributed by atoms with Crippen molar-refractivity contribution in [1.82, 2.24) is 5.43 Å². The average molecular weight is 251 g/mol. The van der Waals surface area contributed by atoms with Gasteiger partial charge in [0.1, 0.15) is 17.4 Å². The van der Waals surface area contributed by atoms with Crippen LogP contribution in [0.25, 0.3) is 0 Å². The van der Waals surface area contributed by atoms with Crippen LogP contribution in [-0.4, -0.2) is 19.0 Å². The first kappa shape index (κ1) is 12.8. The molecule has 0 radical (unpaired) electrons. The SMILES string of the molecule is COc1cccc(F)c1C(=NC1CCCC1)NN. The number of hydrazine groups is 1. The normalized spacial score (nSPS) is 16.9. The lowest BCUT2D eigenvalue weighted by molar-refractivity contribution is 0.409.